The van der Waals surface area contributed by atoms with E-state index in [4.69, 9.17) is 77.1 Å². The third-order valence-corrected chi connectivity index (χ3v) is 18.3. The first-order chi connectivity index (χ1) is 26.5. The highest BCUT2D eigenvalue weighted by Gasteiger charge is 2.58. The summed E-state index contributed by atoms with van der Waals surface area (Å²) >= 11 is 1.98. The third-order valence-electron chi connectivity index (χ3n) is 16.6. The van der Waals surface area contributed by atoms with Crippen molar-refractivity contribution in [1.29, 1.82) is 0 Å². The van der Waals surface area contributed by atoms with E-state index in [1.165, 1.54) is 12.8 Å². The zero-order chi connectivity index (χ0) is 41.0. The molecule has 5 unspecified atom stereocenters. The molecule has 8 nitrogen and oxygen atoms in total. The summed E-state index contributed by atoms with van der Waals surface area (Å²) < 4.78 is 45.3. The van der Waals surface area contributed by atoms with Gasteiger partial charge in [-0.15, -0.1) is 0 Å². The van der Waals surface area contributed by atoms with Gasteiger partial charge in [-0.3, -0.25) is 0 Å². The fourth-order valence-electron chi connectivity index (χ4n) is 11.9. The topological polar surface area (TPSA) is 73.8 Å². The molecule has 0 amide bonds. The molecule has 20 atom stereocenters. The molecule has 10 fully saturated rings. The second kappa shape index (κ2) is 17.6. The van der Waals surface area contributed by atoms with Crippen LogP contribution in [0.4, 0.5) is 0 Å². The Labute approximate surface area is 350 Å². The van der Waals surface area contributed by atoms with E-state index >= 15 is 0 Å². The van der Waals surface area contributed by atoms with Crippen molar-refractivity contribution in [2.45, 2.75) is 202 Å². The van der Waals surface area contributed by atoms with Crippen molar-refractivity contribution >= 4 is 51.0 Å². The zero-order valence-electron chi connectivity index (χ0n) is 36.2. The van der Waals surface area contributed by atoms with Gasteiger partial charge in [-0.05, 0) is 62.7 Å². The number of fused-ring (bicyclic) bond motifs is 10. The Kier molecular flexibility index (Phi) is 14.4. The maximum atomic E-state index is 5.85. The largest absolute Gasteiger partial charge is 0.381 e. The lowest BCUT2D eigenvalue weighted by Gasteiger charge is -2.36. The van der Waals surface area contributed by atoms with Gasteiger partial charge in [0.1, 0.15) is 39.2 Å². The molecule has 1 saturated carbocycles. The highest BCUT2D eigenvalue weighted by Crippen LogP contribution is 2.54. The summed E-state index contributed by atoms with van der Waals surface area (Å²) in [5, 5.41) is 0.551. The predicted molar refractivity (Wildman–Crippen MR) is 227 cm³/mol. The summed E-state index contributed by atoms with van der Waals surface area (Å²) in [6, 6.07) is -0.581. The van der Waals surface area contributed by atoms with Crippen LogP contribution in [0.5, 0.6) is 0 Å². The summed E-state index contributed by atoms with van der Waals surface area (Å²) in [5.74, 6) is 4.48. The van der Waals surface area contributed by atoms with E-state index < -0.39 is 0 Å². The van der Waals surface area contributed by atoms with Gasteiger partial charge in [0.2, 0.25) is 0 Å². The third kappa shape index (κ3) is 7.74. The van der Waals surface area contributed by atoms with Crippen LogP contribution in [-0.2, 0) is 37.9 Å². The lowest BCUT2D eigenvalue weighted by Crippen LogP contribution is -2.42. The molecule has 9 aliphatic heterocycles. The quantitative estimate of drug-likeness (QED) is 0.332. The molecule has 0 aromatic rings. The van der Waals surface area contributed by atoms with Crippen LogP contribution in [-0.4, -0.2) is 146 Å². The van der Waals surface area contributed by atoms with Gasteiger partial charge in [-0.25, -0.2) is 0 Å². The molecule has 10 radical (unpaired) electrons. The van der Waals surface area contributed by atoms with E-state index in [-0.39, 0.29) is 76.3 Å². The van der Waals surface area contributed by atoms with Crippen molar-refractivity contribution in [3.8, 4) is 0 Å². The fraction of sp³-hybridized carbons (Fsp3) is 1.00. The molecule has 0 aromatic carbocycles. The fourth-order valence-corrected chi connectivity index (χ4v) is 13.7. The number of thioether (sulfide) groups is 1. The zero-order valence-corrected chi connectivity index (χ0v) is 37.0. The summed E-state index contributed by atoms with van der Waals surface area (Å²) in [6.07, 6.45) is 9.15. The van der Waals surface area contributed by atoms with Gasteiger partial charge in [-0.2, -0.15) is 11.8 Å². The van der Waals surface area contributed by atoms with Crippen LogP contribution < -0.4 is 0 Å². The minimum Gasteiger partial charge on any atom is -0.381 e. The molecule has 9 saturated heterocycles. The average Bonchev–Trinajstić information content (AvgIpc) is 4.07. The van der Waals surface area contributed by atoms with Crippen LogP contribution in [0.2, 0.25) is 0 Å². The Morgan fingerprint density at radius 1 is 0.464 bits per heavy atom. The molecule has 10 bridgehead atoms. The highest BCUT2D eigenvalue weighted by atomic mass is 32.2. The molecule has 9 heterocycles. The first-order valence-corrected chi connectivity index (χ1v) is 23.2. The molecule has 14 heteroatoms. The Balaban J connectivity index is 0.000000119. The van der Waals surface area contributed by atoms with Crippen molar-refractivity contribution in [2.75, 3.05) is 25.6 Å². The van der Waals surface area contributed by atoms with Crippen LogP contribution >= 0.6 is 11.8 Å². The first-order valence-electron chi connectivity index (χ1n) is 22.1. The lowest BCUT2D eigenvalue weighted by atomic mass is 9.78. The summed E-state index contributed by atoms with van der Waals surface area (Å²) in [7, 11) is 28.9. The summed E-state index contributed by atoms with van der Waals surface area (Å²) in [5.41, 5.74) is 0.162. The van der Waals surface area contributed by atoms with Crippen molar-refractivity contribution in [2.24, 2.45) is 35.5 Å². The van der Waals surface area contributed by atoms with E-state index in [1.807, 2.05) is 11.8 Å². The molecule has 0 spiro atoms. The molecule has 0 aromatic heterocycles. The summed E-state index contributed by atoms with van der Waals surface area (Å²) in [4.78, 5) is 0. The smallest absolute Gasteiger partial charge is 0.112 e. The molecule has 10 aliphatic rings. The molecule has 1 aliphatic carbocycles. The van der Waals surface area contributed by atoms with E-state index in [0.29, 0.717) is 40.8 Å². The van der Waals surface area contributed by atoms with Gasteiger partial charge in [0.25, 0.3) is 0 Å². The summed E-state index contributed by atoms with van der Waals surface area (Å²) in [6.45, 7) is 24.1. The number of hydrogen-bond donors (Lipinski definition) is 0. The van der Waals surface area contributed by atoms with Crippen LogP contribution in [0.25, 0.3) is 0 Å². The van der Waals surface area contributed by atoms with E-state index in [2.05, 4.69) is 69.2 Å². The first kappa shape index (κ1) is 45.9. The van der Waals surface area contributed by atoms with Gasteiger partial charge >= 0.3 is 0 Å². The van der Waals surface area contributed by atoms with Crippen LogP contribution in [0.1, 0.15) is 121 Å². The minimum absolute atomic E-state index is 0.0105. The Morgan fingerprint density at radius 2 is 0.875 bits per heavy atom. The molecule has 56 heavy (non-hydrogen) atoms. The van der Waals surface area contributed by atoms with Gasteiger partial charge < -0.3 is 37.9 Å². The minimum atomic E-state index is -0.206. The van der Waals surface area contributed by atoms with E-state index in [1.54, 1.807) is 0 Å². The van der Waals surface area contributed by atoms with Gasteiger partial charge in [-0.1, -0.05) is 69.2 Å². The van der Waals surface area contributed by atoms with Gasteiger partial charge in [0, 0.05) is 71.8 Å². The molecule has 0 N–H and O–H groups in total. The maximum absolute atomic E-state index is 5.85. The maximum Gasteiger partial charge on any atom is 0.112 e. The Hall–Kier alpha value is 0.355. The van der Waals surface area contributed by atoms with Gasteiger partial charge in [0.05, 0.1) is 59.5 Å². The molecular weight excluding hydrogens is 719 g/mol. The normalized spacial score (nSPS) is 54.7. The van der Waals surface area contributed by atoms with Crippen molar-refractivity contribution in [3.63, 3.8) is 0 Å². The standard InChI is InChI=1S/C9H15BO2.C9H15BO.2C8H13BO2.C8H13BOS/c1-3-9-4-5-11-7(6(9)2)8(10)12-9;1-3-9-5-4-7(6(9)2)8(10)11-9;2*1-3-8-4-10-6(5(8)2)7(9)11-8;1-3-8-4-11-6(5(8)2)7(9)10-8/h6-8H,3-5H2,1-2H3;6-8H,3-5H2,1-2H3;3*5-7H,3-4H2,1-2H3/t2*6?,7-,8+,9-;5?,6-,7+,8-;5?,6-,7-,8-;5?,6-,7+,8-/m00010/s1. The molecular formula is C42H69B5O8S. The van der Waals surface area contributed by atoms with Crippen LogP contribution in [0, 0.1) is 35.5 Å². The molecule has 10 rings (SSSR count). The van der Waals surface area contributed by atoms with Crippen LogP contribution in [0.15, 0.2) is 0 Å². The number of rotatable bonds is 5. The number of ether oxygens (including phenoxy) is 8. The average molecular weight is 788 g/mol. The monoisotopic (exact) mass is 789 g/mol. The number of hydrogen-bond acceptors (Lipinski definition) is 9. The Bertz CT molecular complexity index is 1180. The predicted octanol–water partition coefficient (Wildman–Crippen LogP) is 5.59. The molecule has 306 valence electrons. The highest BCUT2D eigenvalue weighted by molar-refractivity contribution is 8.00. The lowest BCUT2D eigenvalue weighted by molar-refractivity contribution is -0.115. The van der Waals surface area contributed by atoms with E-state index in [0.717, 1.165) is 64.1 Å². The Morgan fingerprint density at radius 3 is 1.16 bits per heavy atom. The van der Waals surface area contributed by atoms with Crippen molar-refractivity contribution in [3.05, 3.63) is 0 Å². The van der Waals surface area contributed by atoms with E-state index in [9.17, 15) is 0 Å². The van der Waals surface area contributed by atoms with Gasteiger partial charge in [0.15, 0.2) is 0 Å². The second-order valence-corrected chi connectivity index (χ2v) is 19.7. The van der Waals surface area contributed by atoms with Crippen LogP contribution in [0.3, 0.4) is 0 Å². The van der Waals surface area contributed by atoms with Crippen molar-refractivity contribution in [1.82, 2.24) is 0 Å². The second-order valence-electron chi connectivity index (χ2n) is 18.6. The van der Waals surface area contributed by atoms with Crippen molar-refractivity contribution < 1.29 is 37.9 Å². The SMILES string of the molecule is [B][C@@H]1O[C@@]2(CC)CCO[C@H]1C2C.[B][C@@H]1O[C@@]2(CC)CC[C@H]1C2C.[B][C@@H]1O[C@@]2(CC)CO[C@H]1C2C.[B][C@@H]1O[C@@]2(CC)CS[C@H]1C2C.[B][C@@H]1O[C@]2(CC)CO[C@@H]1C2C.